The van der Waals surface area contributed by atoms with Gasteiger partial charge in [-0.05, 0) is 31.0 Å². The van der Waals surface area contributed by atoms with Gasteiger partial charge in [0.2, 0.25) is 0 Å². The van der Waals surface area contributed by atoms with E-state index in [9.17, 15) is 0 Å². The highest BCUT2D eigenvalue weighted by Gasteiger charge is 1.99. The molecule has 0 amide bonds. The van der Waals surface area contributed by atoms with Crippen LogP contribution in [0.15, 0.2) is 29.8 Å². The van der Waals surface area contributed by atoms with Crippen molar-refractivity contribution in [2.24, 2.45) is 0 Å². The van der Waals surface area contributed by atoms with E-state index in [1.807, 2.05) is 26.0 Å². The molecule has 0 radical (unpaired) electrons. The number of halogens is 1. The van der Waals surface area contributed by atoms with E-state index in [1.165, 1.54) is 5.56 Å². The van der Waals surface area contributed by atoms with Gasteiger partial charge >= 0.3 is 0 Å². The van der Waals surface area contributed by atoms with Gasteiger partial charge in [0.05, 0.1) is 0 Å². The van der Waals surface area contributed by atoms with Crippen LogP contribution >= 0.6 is 11.6 Å². The van der Waals surface area contributed by atoms with E-state index < -0.39 is 0 Å². The summed E-state index contributed by atoms with van der Waals surface area (Å²) in [7, 11) is 0. The molecule has 0 aliphatic heterocycles. The quantitative estimate of drug-likeness (QED) is 0.720. The van der Waals surface area contributed by atoms with Gasteiger partial charge in [0.1, 0.15) is 12.4 Å². The molecule has 0 saturated carbocycles. The van der Waals surface area contributed by atoms with Crippen LogP contribution in [0.1, 0.15) is 11.1 Å². The summed E-state index contributed by atoms with van der Waals surface area (Å²) in [6.07, 6.45) is 0. The molecule has 2 heteroatoms. The van der Waals surface area contributed by atoms with Gasteiger partial charge in [0.15, 0.2) is 0 Å². The summed E-state index contributed by atoms with van der Waals surface area (Å²) in [6, 6.07) is 6.08. The summed E-state index contributed by atoms with van der Waals surface area (Å²) in [4.78, 5) is 0. The average Bonchev–Trinajstić information content (AvgIpc) is 2.06. The molecule has 0 aliphatic rings. The van der Waals surface area contributed by atoms with Crippen molar-refractivity contribution >= 4 is 11.6 Å². The summed E-state index contributed by atoms with van der Waals surface area (Å²) in [6.45, 7) is 7.96. The molecular weight excluding hydrogens is 184 g/mol. The van der Waals surface area contributed by atoms with E-state index in [2.05, 4.69) is 12.6 Å². The fourth-order valence-electron chi connectivity index (χ4n) is 1.02. The molecule has 1 nitrogen and oxygen atoms in total. The predicted octanol–water partition coefficient (Wildman–Crippen LogP) is 3.43. The molecule has 1 rings (SSSR count). The maximum absolute atomic E-state index is 5.60. The smallest absolute Gasteiger partial charge is 0.123 e. The molecule has 1 aromatic carbocycles. The fourth-order valence-corrected chi connectivity index (χ4v) is 1.07. The summed E-state index contributed by atoms with van der Waals surface area (Å²) in [5.41, 5.74) is 2.30. The van der Waals surface area contributed by atoms with E-state index in [4.69, 9.17) is 16.3 Å². The molecule has 1 aromatic rings. The van der Waals surface area contributed by atoms with Crippen LogP contribution in [0.25, 0.3) is 0 Å². The van der Waals surface area contributed by atoms with Crippen molar-refractivity contribution in [1.82, 2.24) is 0 Å². The normalized spacial score (nSPS) is 9.77. The number of benzene rings is 1. The Hall–Kier alpha value is -0.950. The van der Waals surface area contributed by atoms with E-state index in [0.29, 0.717) is 11.6 Å². The highest BCUT2D eigenvalue weighted by atomic mass is 35.5. The Kier molecular flexibility index (Phi) is 3.38. The number of hydrogen-bond acceptors (Lipinski definition) is 1. The minimum absolute atomic E-state index is 0.367. The molecule has 0 saturated heterocycles. The highest BCUT2D eigenvalue weighted by Crippen LogP contribution is 2.19. The van der Waals surface area contributed by atoms with E-state index in [0.717, 1.165) is 11.3 Å². The summed E-state index contributed by atoms with van der Waals surface area (Å²) >= 11 is 5.60. The molecule has 0 fully saturated rings. The first kappa shape index (κ1) is 10.1. The van der Waals surface area contributed by atoms with Crippen LogP contribution in [0.3, 0.4) is 0 Å². The van der Waals surface area contributed by atoms with Gasteiger partial charge in [-0.25, -0.2) is 0 Å². The Morgan fingerprint density at radius 1 is 1.46 bits per heavy atom. The van der Waals surface area contributed by atoms with E-state index >= 15 is 0 Å². The Bertz CT molecular complexity index is 318. The number of hydrogen-bond donors (Lipinski definition) is 0. The lowest BCUT2D eigenvalue weighted by Crippen LogP contribution is -1.98. The second-order valence-corrected chi connectivity index (χ2v) is 3.61. The minimum atomic E-state index is 0.367. The van der Waals surface area contributed by atoms with Crippen molar-refractivity contribution in [3.8, 4) is 5.75 Å². The molecule has 0 N–H and O–H groups in total. The lowest BCUT2D eigenvalue weighted by molar-refractivity contribution is 0.357. The molecule has 0 aromatic heterocycles. The fraction of sp³-hybridized carbons (Fsp3) is 0.273. The summed E-state index contributed by atoms with van der Waals surface area (Å²) in [5.74, 6) is 0.877. The number of ether oxygens (including phenoxy) is 1. The first-order chi connectivity index (χ1) is 6.09. The summed E-state index contributed by atoms with van der Waals surface area (Å²) in [5, 5.41) is 0.515. The van der Waals surface area contributed by atoms with Crippen molar-refractivity contribution < 1.29 is 4.74 Å². The Labute approximate surface area is 84.0 Å². The average molecular weight is 197 g/mol. The van der Waals surface area contributed by atoms with Gasteiger partial charge < -0.3 is 4.74 Å². The zero-order valence-corrected chi connectivity index (χ0v) is 8.69. The third-order valence-electron chi connectivity index (χ3n) is 1.73. The van der Waals surface area contributed by atoms with Gasteiger partial charge in [-0.1, -0.05) is 30.3 Å². The van der Waals surface area contributed by atoms with Crippen molar-refractivity contribution in [3.05, 3.63) is 40.9 Å². The van der Waals surface area contributed by atoms with Gasteiger partial charge in [-0.15, -0.1) is 0 Å². The van der Waals surface area contributed by atoms with Gasteiger partial charge in [-0.2, -0.15) is 0 Å². The van der Waals surface area contributed by atoms with E-state index in [-0.39, 0.29) is 0 Å². The van der Waals surface area contributed by atoms with Crippen LogP contribution in [0.5, 0.6) is 5.75 Å². The zero-order valence-electron chi connectivity index (χ0n) is 7.93. The predicted molar refractivity (Wildman–Crippen MR) is 56.4 cm³/mol. The molecule has 0 unspecified atom stereocenters. The lowest BCUT2D eigenvalue weighted by atomic mass is 10.1. The first-order valence-electron chi connectivity index (χ1n) is 4.13. The van der Waals surface area contributed by atoms with Gasteiger partial charge in [0.25, 0.3) is 0 Å². The topological polar surface area (TPSA) is 9.23 Å². The Morgan fingerprint density at radius 2 is 2.15 bits per heavy atom. The SMILES string of the molecule is C=C(Cl)COc1cc(C)ccc1C. The first-order valence-corrected chi connectivity index (χ1v) is 4.50. The van der Waals surface area contributed by atoms with Crippen LogP contribution in [0, 0.1) is 13.8 Å². The lowest BCUT2D eigenvalue weighted by Gasteiger charge is -2.08. The van der Waals surface area contributed by atoms with Crippen LogP contribution in [0.4, 0.5) is 0 Å². The Morgan fingerprint density at radius 3 is 2.77 bits per heavy atom. The molecule has 0 heterocycles. The van der Waals surface area contributed by atoms with Gasteiger partial charge in [0, 0.05) is 5.03 Å². The van der Waals surface area contributed by atoms with Crippen LogP contribution < -0.4 is 4.74 Å². The maximum Gasteiger partial charge on any atom is 0.123 e. The molecule has 0 atom stereocenters. The molecule has 70 valence electrons. The molecule has 13 heavy (non-hydrogen) atoms. The molecular formula is C11H13ClO. The van der Waals surface area contributed by atoms with E-state index in [1.54, 1.807) is 0 Å². The van der Waals surface area contributed by atoms with Crippen LogP contribution in [-0.2, 0) is 0 Å². The van der Waals surface area contributed by atoms with Crippen molar-refractivity contribution in [2.45, 2.75) is 13.8 Å². The van der Waals surface area contributed by atoms with Crippen molar-refractivity contribution in [3.63, 3.8) is 0 Å². The zero-order chi connectivity index (χ0) is 9.84. The number of rotatable bonds is 3. The molecule has 0 bridgehead atoms. The number of aryl methyl sites for hydroxylation is 2. The molecule has 0 aliphatic carbocycles. The Balaban J connectivity index is 2.75. The second kappa shape index (κ2) is 4.33. The maximum atomic E-state index is 5.60. The summed E-state index contributed by atoms with van der Waals surface area (Å²) < 4.78 is 5.45. The highest BCUT2D eigenvalue weighted by molar-refractivity contribution is 6.29. The third-order valence-corrected chi connectivity index (χ3v) is 1.84. The third kappa shape index (κ3) is 3.11. The monoisotopic (exact) mass is 196 g/mol. The molecule has 0 spiro atoms. The van der Waals surface area contributed by atoms with Crippen LogP contribution in [-0.4, -0.2) is 6.61 Å². The van der Waals surface area contributed by atoms with Crippen molar-refractivity contribution in [2.75, 3.05) is 6.61 Å². The largest absolute Gasteiger partial charge is 0.488 e. The van der Waals surface area contributed by atoms with Crippen LogP contribution in [0.2, 0.25) is 0 Å². The standard InChI is InChI=1S/C11H13ClO/c1-8-4-5-9(2)11(6-8)13-7-10(3)12/h4-6H,3,7H2,1-2H3. The minimum Gasteiger partial charge on any atom is -0.488 e. The van der Waals surface area contributed by atoms with Gasteiger partial charge in [-0.3, -0.25) is 0 Å². The second-order valence-electron chi connectivity index (χ2n) is 3.07. The van der Waals surface area contributed by atoms with Crippen molar-refractivity contribution in [1.29, 1.82) is 0 Å².